The van der Waals surface area contributed by atoms with Crippen molar-refractivity contribution in [3.8, 4) is 0 Å². The molecule has 3 nitrogen and oxygen atoms in total. The highest BCUT2D eigenvalue weighted by Gasteiger charge is 2.13. The van der Waals surface area contributed by atoms with Gasteiger partial charge in [-0.1, -0.05) is 43.3 Å². The van der Waals surface area contributed by atoms with Crippen LogP contribution in [-0.2, 0) is 6.42 Å². The van der Waals surface area contributed by atoms with E-state index in [-0.39, 0.29) is 6.04 Å². The number of benzene rings is 2. The molecular formula is C17H23N3. The van der Waals surface area contributed by atoms with Gasteiger partial charge in [0.05, 0.1) is 6.04 Å². The summed E-state index contributed by atoms with van der Waals surface area (Å²) in [5, 5.41) is 0. The van der Waals surface area contributed by atoms with Gasteiger partial charge in [-0.3, -0.25) is 5.84 Å². The second-order valence-electron chi connectivity index (χ2n) is 5.18. The molecule has 0 spiro atoms. The average Bonchev–Trinajstić information content (AvgIpc) is 2.49. The number of anilines is 1. The highest BCUT2D eigenvalue weighted by atomic mass is 15.2. The standard InChI is InChI=1S/C17H23N3/c1-4-13-8-10-14(11-9-13)17(19-18)15-6-5-7-16(12-15)20(2)3/h5-12,17,19H,4,18H2,1-3H3. The predicted octanol–water partition coefficient (Wildman–Crippen LogP) is 2.87. The summed E-state index contributed by atoms with van der Waals surface area (Å²) in [5.41, 5.74) is 7.78. The van der Waals surface area contributed by atoms with Gasteiger partial charge in [0.15, 0.2) is 0 Å². The number of hydrogen-bond acceptors (Lipinski definition) is 3. The molecule has 0 radical (unpaired) electrons. The normalized spacial score (nSPS) is 12.2. The lowest BCUT2D eigenvalue weighted by molar-refractivity contribution is 0.636. The van der Waals surface area contributed by atoms with E-state index in [1.807, 2.05) is 14.1 Å². The third kappa shape index (κ3) is 3.18. The zero-order valence-electron chi connectivity index (χ0n) is 12.4. The fourth-order valence-corrected chi connectivity index (χ4v) is 2.31. The molecule has 3 heteroatoms. The number of rotatable bonds is 5. The Labute approximate surface area is 121 Å². The molecule has 3 N–H and O–H groups in total. The molecule has 0 saturated carbocycles. The molecular weight excluding hydrogens is 246 g/mol. The van der Waals surface area contributed by atoms with Crippen LogP contribution >= 0.6 is 0 Å². The van der Waals surface area contributed by atoms with Crippen LogP contribution in [0.3, 0.4) is 0 Å². The number of aryl methyl sites for hydroxylation is 1. The molecule has 1 unspecified atom stereocenters. The van der Waals surface area contributed by atoms with Crippen LogP contribution < -0.4 is 16.2 Å². The van der Waals surface area contributed by atoms with E-state index in [2.05, 4.69) is 65.8 Å². The summed E-state index contributed by atoms with van der Waals surface area (Å²) in [6.45, 7) is 2.16. The molecule has 0 aliphatic heterocycles. The van der Waals surface area contributed by atoms with Crippen LogP contribution in [0.1, 0.15) is 29.7 Å². The molecule has 2 aromatic carbocycles. The van der Waals surface area contributed by atoms with Crippen LogP contribution in [0.25, 0.3) is 0 Å². The number of nitrogens with two attached hydrogens (primary N) is 1. The minimum atomic E-state index is 0.0146. The lowest BCUT2D eigenvalue weighted by Gasteiger charge is -2.20. The molecule has 106 valence electrons. The molecule has 20 heavy (non-hydrogen) atoms. The van der Waals surface area contributed by atoms with Crippen LogP contribution in [0, 0.1) is 0 Å². The second kappa shape index (κ2) is 6.55. The lowest BCUT2D eigenvalue weighted by atomic mass is 9.97. The summed E-state index contributed by atoms with van der Waals surface area (Å²) in [6.07, 6.45) is 1.05. The average molecular weight is 269 g/mol. The summed E-state index contributed by atoms with van der Waals surface area (Å²) < 4.78 is 0. The van der Waals surface area contributed by atoms with Crippen LogP contribution in [0.2, 0.25) is 0 Å². The van der Waals surface area contributed by atoms with Crippen molar-refractivity contribution in [2.24, 2.45) is 5.84 Å². The Balaban J connectivity index is 2.33. The van der Waals surface area contributed by atoms with Gasteiger partial charge in [0.25, 0.3) is 0 Å². The van der Waals surface area contributed by atoms with E-state index in [4.69, 9.17) is 5.84 Å². The van der Waals surface area contributed by atoms with Crippen molar-refractivity contribution in [2.45, 2.75) is 19.4 Å². The maximum atomic E-state index is 5.77. The Morgan fingerprint density at radius 1 is 1.05 bits per heavy atom. The van der Waals surface area contributed by atoms with E-state index in [1.165, 1.54) is 22.4 Å². The van der Waals surface area contributed by atoms with Crippen LogP contribution in [0.5, 0.6) is 0 Å². The summed E-state index contributed by atoms with van der Waals surface area (Å²) in [4.78, 5) is 2.09. The smallest absolute Gasteiger partial charge is 0.0710 e. The first-order chi connectivity index (χ1) is 9.65. The van der Waals surface area contributed by atoms with Gasteiger partial charge in [0.1, 0.15) is 0 Å². The van der Waals surface area contributed by atoms with E-state index in [0.717, 1.165) is 6.42 Å². The Morgan fingerprint density at radius 2 is 1.75 bits per heavy atom. The van der Waals surface area contributed by atoms with E-state index in [1.54, 1.807) is 0 Å². The van der Waals surface area contributed by atoms with Gasteiger partial charge in [0.2, 0.25) is 0 Å². The van der Waals surface area contributed by atoms with Crippen molar-refractivity contribution in [1.82, 2.24) is 5.43 Å². The van der Waals surface area contributed by atoms with E-state index in [9.17, 15) is 0 Å². The fourth-order valence-electron chi connectivity index (χ4n) is 2.31. The number of nitrogens with one attached hydrogen (secondary N) is 1. The van der Waals surface area contributed by atoms with Gasteiger partial charge in [-0.05, 0) is 35.2 Å². The molecule has 1 atom stereocenters. The zero-order valence-corrected chi connectivity index (χ0v) is 12.4. The monoisotopic (exact) mass is 269 g/mol. The minimum Gasteiger partial charge on any atom is -0.378 e. The van der Waals surface area contributed by atoms with Gasteiger partial charge in [-0.2, -0.15) is 0 Å². The third-order valence-corrected chi connectivity index (χ3v) is 3.61. The van der Waals surface area contributed by atoms with Gasteiger partial charge in [-0.15, -0.1) is 0 Å². The van der Waals surface area contributed by atoms with Crippen molar-refractivity contribution in [3.05, 3.63) is 65.2 Å². The molecule has 0 heterocycles. The van der Waals surface area contributed by atoms with Crippen LogP contribution in [-0.4, -0.2) is 14.1 Å². The topological polar surface area (TPSA) is 41.3 Å². The summed E-state index contributed by atoms with van der Waals surface area (Å²) in [7, 11) is 4.08. The highest BCUT2D eigenvalue weighted by molar-refractivity contribution is 5.49. The summed E-state index contributed by atoms with van der Waals surface area (Å²) >= 11 is 0. The van der Waals surface area contributed by atoms with Crippen molar-refractivity contribution < 1.29 is 0 Å². The lowest BCUT2D eigenvalue weighted by Crippen LogP contribution is -2.29. The van der Waals surface area contributed by atoms with Gasteiger partial charge < -0.3 is 4.90 Å². The van der Waals surface area contributed by atoms with E-state index in [0.29, 0.717) is 0 Å². The molecule has 0 amide bonds. The Morgan fingerprint density at radius 3 is 2.30 bits per heavy atom. The third-order valence-electron chi connectivity index (χ3n) is 3.61. The van der Waals surface area contributed by atoms with Crippen molar-refractivity contribution in [1.29, 1.82) is 0 Å². The molecule has 0 aliphatic carbocycles. The molecule has 0 fully saturated rings. The summed E-state index contributed by atoms with van der Waals surface area (Å²) in [5.74, 6) is 5.77. The Hall–Kier alpha value is -1.84. The van der Waals surface area contributed by atoms with Crippen LogP contribution in [0.4, 0.5) is 5.69 Å². The molecule has 0 aliphatic rings. The van der Waals surface area contributed by atoms with Crippen molar-refractivity contribution >= 4 is 5.69 Å². The SMILES string of the molecule is CCc1ccc(C(NN)c2cccc(N(C)C)c2)cc1. The van der Waals surface area contributed by atoms with Gasteiger partial charge in [0, 0.05) is 19.8 Å². The predicted molar refractivity (Wildman–Crippen MR) is 85.8 cm³/mol. The van der Waals surface area contributed by atoms with Gasteiger partial charge >= 0.3 is 0 Å². The number of nitrogens with zero attached hydrogens (tertiary/aromatic N) is 1. The summed E-state index contributed by atoms with van der Waals surface area (Å²) in [6, 6.07) is 17.1. The van der Waals surface area contributed by atoms with Crippen molar-refractivity contribution in [2.75, 3.05) is 19.0 Å². The van der Waals surface area contributed by atoms with E-state index < -0.39 is 0 Å². The molecule has 0 aromatic heterocycles. The zero-order chi connectivity index (χ0) is 14.5. The Kier molecular flexibility index (Phi) is 4.77. The molecule has 2 aromatic rings. The molecule has 2 rings (SSSR count). The molecule has 0 saturated heterocycles. The first-order valence-electron chi connectivity index (χ1n) is 6.98. The first kappa shape index (κ1) is 14.6. The second-order valence-corrected chi connectivity index (χ2v) is 5.18. The maximum absolute atomic E-state index is 5.77. The Bertz CT molecular complexity index is 546. The molecule has 0 bridgehead atoms. The minimum absolute atomic E-state index is 0.0146. The highest BCUT2D eigenvalue weighted by Crippen LogP contribution is 2.25. The van der Waals surface area contributed by atoms with Crippen LogP contribution in [0.15, 0.2) is 48.5 Å². The number of hydrogen-bond donors (Lipinski definition) is 2. The fraction of sp³-hybridized carbons (Fsp3) is 0.294. The largest absolute Gasteiger partial charge is 0.378 e. The first-order valence-corrected chi connectivity index (χ1v) is 6.98. The maximum Gasteiger partial charge on any atom is 0.0710 e. The van der Waals surface area contributed by atoms with E-state index >= 15 is 0 Å². The number of hydrazine groups is 1. The van der Waals surface area contributed by atoms with Gasteiger partial charge in [-0.25, -0.2) is 5.43 Å². The van der Waals surface area contributed by atoms with Crippen molar-refractivity contribution in [3.63, 3.8) is 0 Å². The quantitative estimate of drug-likeness (QED) is 0.648.